The first-order valence-corrected chi connectivity index (χ1v) is 10.1. The molecule has 0 aliphatic heterocycles. The Morgan fingerprint density at radius 2 is 2.00 bits per heavy atom. The standard InChI is InChI=1S/C18H23NO4S/c1-18-9-8-14-13-5-3-12(23-24(19,21)22)10-11(13)2-4-15(14)16(18)6-7-17(18)20/h3,5,10,14-16H,2,4,6-9H2,1H3,(H2,19,21,22)/t14-,15-,16+,18-/m1/s1. The molecule has 0 radical (unpaired) electrons. The molecule has 1 aromatic carbocycles. The lowest BCUT2D eigenvalue weighted by atomic mass is 9.55. The van der Waals surface area contributed by atoms with Crippen molar-refractivity contribution in [3.63, 3.8) is 0 Å². The normalized spacial score (nSPS) is 35.1. The first-order valence-electron chi connectivity index (χ1n) is 8.66. The van der Waals surface area contributed by atoms with Gasteiger partial charge >= 0.3 is 10.3 Å². The molecular weight excluding hydrogens is 326 g/mol. The highest BCUT2D eigenvalue weighted by atomic mass is 32.2. The molecule has 3 aliphatic rings. The summed E-state index contributed by atoms with van der Waals surface area (Å²) in [6, 6.07) is 5.49. The van der Waals surface area contributed by atoms with Gasteiger partial charge in [-0.25, -0.2) is 0 Å². The van der Waals surface area contributed by atoms with Crippen LogP contribution in [0.3, 0.4) is 0 Å². The molecule has 0 heterocycles. The molecule has 2 fully saturated rings. The number of carbonyl (C=O) groups is 1. The number of benzene rings is 1. The highest BCUT2D eigenvalue weighted by Gasteiger charge is 2.54. The minimum Gasteiger partial charge on any atom is -0.371 e. The summed E-state index contributed by atoms with van der Waals surface area (Å²) >= 11 is 0. The van der Waals surface area contributed by atoms with Gasteiger partial charge < -0.3 is 4.18 Å². The molecule has 6 heteroatoms. The summed E-state index contributed by atoms with van der Waals surface area (Å²) in [5, 5.41) is 4.95. The molecule has 0 aromatic heterocycles. The van der Waals surface area contributed by atoms with Gasteiger partial charge in [-0.3, -0.25) is 4.79 Å². The highest BCUT2D eigenvalue weighted by Crippen LogP contribution is 2.59. The molecule has 1 aromatic rings. The molecule has 0 unspecified atom stereocenters. The summed E-state index contributed by atoms with van der Waals surface area (Å²) in [4.78, 5) is 12.3. The quantitative estimate of drug-likeness (QED) is 0.889. The van der Waals surface area contributed by atoms with E-state index in [0.29, 0.717) is 23.5 Å². The molecule has 4 atom stereocenters. The van der Waals surface area contributed by atoms with Crippen LogP contribution in [-0.4, -0.2) is 14.2 Å². The van der Waals surface area contributed by atoms with Gasteiger partial charge in [0.1, 0.15) is 11.5 Å². The summed E-state index contributed by atoms with van der Waals surface area (Å²) in [5.41, 5.74) is 2.34. The van der Waals surface area contributed by atoms with Gasteiger partial charge in [0.05, 0.1) is 0 Å². The van der Waals surface area contributed by atoms with Gasteiger partial charge in [0.2, 0.25) is 0 Å². The van der Waals surface area contributed by atoms with Crippen molar-refractivity contribution < 1.29 is 17.4 Å². The van der Waals surface area contributed by atoms with Gasteiger partial charge in [-0.2, -0.15) is 13.6 Å². The van der Waals surface area contributed by atoms with Crippen molar-refractivity contribution in [2.24, 2.45) is 22.4 Å². The maximum Gasteiger partial charge on any atom is 0.380 e. The fraction of sp³-hybridized carbons (Fsp3) is 0.611. The summed E-state index contributed by atoms with van der Waals surface area (Å²) in [6.07, 6.45) is 5.72. The van der Waals surface area contributed by atoms with E-state index >= 15 is 0 Å². The van der Waals surface area contributed by atoms with Crippen LogP contribution in [0.1, 0.15) is 56.1 Å². The van der Waals surface area contributed by atoms with Crippen LogP contribution in [0.2, 0.25) is 0 Å². The van der Waals surface area contributed by atoms with E-state index < -0.39 is 10.3 Å². The van der Waals surface area contributed by atoms with E-state index in [-0.39, 0.29) is 11.2 Å². The number of Topliss-reactive ketones (excluding diaryl/α,β-unsaturated/α-hetero) is 1. The van der Waals surface area contributed by atoms with E-state index in [1.54, 1.807) is 6.07 Å². The Bertz CT molecular complexity index is 803. The third-order valence-electron chi connectivity index (χ3n) is 6.62. The molecule has 0 saturated heterocycles. The van der Waals surface area contributed by atoms with Crippen LogP contribution in [0, 0.1) is 17.3 Å². The van der Waals surface area contributed by atoms with Crippen LogP contribution < -0.4 is 9.32 Å². The molecule has 0 spiro atoms. The van der Waals surface area contributed by atoms with Crippen LogP contribution in [0.15, 0.2) is 18.2 Å². The summed E-state index contributed by atoms with van der Waals surface area (Å²) in [5.74, 6) is 2.27. The molecular formula is C18H23NO4S. The number of aryl methyl sites for hydroxylation is 1. The first-order chi connectivity index (χ1) is 11.3. The number of rotatable bonds is 2. The average Bonchev–Trinajstić information content (AvgIpc) is 2.81. The Morgan fingerprint density at radius 1 is 1.21 bits per heavy atom. The van der Waals surface area contributed by atoms with Crippen LogP contribution in [0.4, 0.5) is 0 Å². The lowest BCUT2D eigenvalue weighted by Crippen LogP contribution is -2.42. The maximum absolute atomic E-state index is 12.3. The van der Waals surface area contributed by atoms with Gasteiger partial charge in [-0.1, -0.05) is 13.0 Å². The molecule has 130 valence electrons. The molecule has 0 bridgehead atoms. The van der Waals surface area contributed by atoms with Crippen molar-refractivity contribution in [2.75, 3.05) is 0 Å². The molecule has 3 aliphatic carbocycles. The maximum atomic E-state index is 12.3. The number of fused-ring (bicyclic) bond motifs is 5. The molecule has 4 rings (SSSR count). The summed E-state index contributed by atoms with van der Waals surface area (Å²) < 4.78 is 27.0. The van der Waals surface area contributed by atoms with Crippen LogP contribution in [0.5, 0.6) is 5.75 Å². The predicted octanol–water partition coefficient (Wildman–Crippen LogP) is 2.69. The van der Waals surface area contributed by atoms with Crippen molar-refractivity contribution in [1.82, 2.24) is 0 Å². The van der Waals surface area contributed by atoms with Crippen molar-refractivity contribution in [2.45, 2.75) is 51.4 Å². The fourth-order valence-corrected chi connectivity index (χ4v) is 5.89. The lowest BCUT2D eigenvalue weighted by Gasteiger charge is -2.48. The summed E-state index contributed by atoms with van der Waals surface area (Å²) in [7, 11) is -3.99. The molecule has 24 heavy (non-hydrogen) atoms. The van der Waals surface area contributed by atoms with Crippen molar-refractivity contribution in [3.05, 3.63) is 29.3 Å². The number of hydrogen-bond acceptors (Lipinski definition) is 4. The minimum absolute atomic E-state index is 0.116. The van der Waals surface area contributed by atoms with Crippen LogP contribution in [-0.2, 0) is 21.5 Å². The van der Waals surface area contributed by atoms with E-state index in [1.807, 2.05) is 12.1 Å². The average molecular weight is 349 g/mol. The first kappa shape index (κ1) is 16.1. The van der Waals surface area contributed by atoms with Crippen molar-refractivity contribution in [1.29, 1.82) is 0 Å². The van der Waals surface area contributed by atoms with Gasteiger partial charge in [-0.15, -0.1) is 0 Å². The highest BCUT2D eigenvalue weighted by molar-refractivity contribution is 7.84. The van der Waals surface area contributed by atoms with Gasteiger partial charge in [-0.05, 0) is 73.1 Å². The van der Waals surface area contributed by atoms with Crippen molar-refractivity contribution >= 4 is 16.1 Å². The van der Waals surface area contributed by atoms with Gasteiger partial charge in [0, 0.05) is 11.8 Å². The second kappa shape index (κ2) is 5.30. The van der Waals surface area contributed by atoms with E-state index in [0.717, 1.165) is 44.1 Å². The third-order valence-corrected chi connectivity index (χ3v) is 7.04. The van der Waals surface area contributed by atoms with Gasteiger partial charge in [0.15, 0.2) is 0 Å². The van der Waals surface area contributed by atoms with E-state index in [4.69, 9.17) is 9.32 Å². The largest absolute Gasteiger partial charge is 0.380 e. The lowest BCUT2D eigenvalue weighted by molar-refractivity contribution is -0.129. The number of hydrogen-bond donors (Lipinski definition) is 1. The zero-order chi connectivity index (χ0) is 17.1. The second-order valence-corrected chi connectivity index (χ2v) is 8.92. The van der Waals surface area contributed by atoms with E-state index in [2.05, 4.69) is 6.92 Å². The zero-order valence-electron chi connectivity index (χ0n) is 13.8. The van der Waals surface area contributed by atoms with Crippen molar-refractivity contribution in [3.8, 4) is 5.75 Å². The second-order valence-electron chi connectivity index (χ2n) is 7.77. The predicted molar refractivity (Wildman–Crippen MR) is 89.8 cm³/mol. The number of ketones is 1. The Morgan fingerprint density at radius 3 is 2.75 bits per heavy atom. The smallest absolute Gasteiger partial charge is 0.371 e. The Hall–Kier alpha value is -1.40. The number of carbonyl (C=O) groups excluding carboxylic acids is 1. The Labute approximate surface area is 142 Å². The zero-order valence-corrected chi connectivity index (χ0v) is 14.6. The molecule has 0 amide bonds. The van der Waals surface area contributed by atoms with E-state index in [1.165, 1.54) is 5.56 Å². The Kier molecular flexibility index (Phi) is 3.55. The monoisotopic (exact) mass is 349 g/mol. The Balaban J connectivity index is 1.65. The molecule has 2 N–H and O–H groups in total. The summed E-state index contributed by atoms with van der Waals surface area (Å²) in [6.45, 7) is 2.17. The SMILES string of the molecule is C[C@@]12CC[C@@H]3c4ccc(OS(N)(=O)=O)cc4CC[C@H]3[C@@H]1CCC2=O. The molecule has 2 saturated carbocycles. The third kappa shape index (κ3) is 2.47. The van der Waals surface area contributed by atoms with Gasteiger partial charge in [0.25, 0.3) is 0 Å². The topological polar surface area (TPSA) is 86.5 Å². The minimum atomic E-state index is -3.99. The van der Waals surface area contributed by atoms with Crippen LogP contribution in [0.25, 0.3) is 0 Å². The van der Waals surface area contributed by atoms with Crippen LogP contribution >= 0.6 is 0 Å². The molecule has 5 nitrogen and oxygen atoms in total. The fourth-order valence-electron chi connectivity index (χ4n) is 5.52. The van der Waals surface area contributed by atoms with E-state index in [9.17, 15) is 13.2 Å². The number of nitrogens with two attached hydrogens (primary N) is 1.